The van der Waals surface area contributed by atoms with Crippen LogP contribution in [0, 0.1) is 0 Å². The summed E-state index contributed by atoms with van der Waals surface area (Å²) in [6.07, 6.45) is -0.533. The van der Waals surface area contributed by atoms with Crippen molar-refractivity contribution in [1.29, 1.82) is 0 Å². The van der Waals surface area contributed by atoms with Gasteiger partial charge in [0.2, 0.25) is 0 Å². The van der Waals surface area contributed by atoms with E-state index in [0.717, 1.165) is 11.1 Å². The van der Waals surface area contributed by atoms with E-state index in [4.69, 9.17) is 9.47 Å². The molecular formula is C17H23N3O4. The third-order valence-corrected chi connectivity index (χ3v) is 3.85. The molecule has 2 rings (SSSR count). The highest BCUT2D eigenvalue weighted by atomic mass is 16.6. The first-order valence-corrected chi connectivity index (χ1v) is 7.78. The Hall–Kier alpha value is -2.70. The quantitative estimate of drug-likeness (QED) is 0.862. The topological polar surface area (TPSA) is 71.1 Å². The van der Waals surface area contributed by atoms with Crippen LogP contribution in [-0.2, 0) is 4.74 Å². The van der Waals surface area contributed by atoms with Gasteiger partial charge in [0.25, 0.3) is 0 Å². The van der Waals surface area contributed by atoms with E-state index in [2.05, 4.69) is 5.32 Å². The van der Waals surface area contributed by atoms with Gasteiger partial charge in [-0.2, -0.15) is 0 Å². The molecule has 0 saturated heterocycles. The molecule has 7 nitrogen and oxygen atoms in total. The van der Waals surface area contributed by atoms with E-state index in [1.165, 1.54) is 10.0 Å². The summed E-state index contributed by atoms with van der Waals surface area (Å²) in [5, 5.41) is 5.47. The summed E-state index contributed by atoms with van der Waals surface area (Å²) in [6, 6.07) is 6.60. The zero-order valence-electron chi connectivity index (χ0n) is 14.5. The molecule has 1 aliphatic rings. The van der Waals surface area contributed by atoms with Crippen LogP contribution in [0.25, 0.3) is 0 Å². The van der Waals surface area contributed by atoms with Crippen molar-refractivity contribution in [2.45, 2.75) is 20.8 Å². The van der Waals surface area contributed by atoms with Crippen molar-refractivity contribution in [3.8, 4) is 5.75 Å². The smallest absolute Gasteiger partial charge is 0.429 e. The number of rotatable bonds is 3. The van der Waals surface area contributed by atoms with Gasteiger partial charge in [0, 0.05) is 5.69 Å². The van der Waals surface area contributed by atoms with Crippen LogP contribution >= 0.6 is 0 Å². The first-order chi connectivity index (χ1) is 11.5. The molecule has 0 radical (unpaired) electrons. The van der Waals surface area contributed by atoms with Gasteiger partial charge in [0.05, 0.1) is 26.8 Å². The zero-order valence-corrected chi connectivity index (χ0v) is 14.5. The van der Waals surface area contributed by atoms with Crippen LogP contribution in [0.2, 0.25) is 0 Å². The number of nitrogens with zero attached hydrogens (tertiary/aromatic N) is 2. The third kappa shape index (κ3) is 3.98. The minimum absolute atomic E-state index is 0.255. The third-order valence-electron chi connectivity index (χ3n) is 3.85. The molecule has 0 atom stereocenters. The van der Waals surface area contributed by atoms with Crippen molar-refractivity contribution in [3.63, 3.8) is 0 Å². The fourth-order valence-electron chi connectivity index (χ4n) is 2.29. The highest BCUT2D eigenvalue weighted by Crippen LogP contribution is 2.21. The van der Waals surface area contributed by atoms with Gasteiger partial charge in [0.15, 0.2) is 0 Å². The summed E-state index contributed by atoms with van der Waals surface area (Å²) in [7, 11) is 1.58. The normalized spacial score (nSPS) is 14.5. The molecule has 1 N–H and O–H groups in total. The molecule has 1 aliphatic heterocycles. The SMILES string of the molecule is CCOC(=O)N1CC(C)=C(C)CN1C(=O)Nc1ccc(OC)cc1. The number of methoxy groups -OCH3 is 1. The van der Waals surface area contributed by atoms with Crippen LogP contribution in [0.4, 0.5) is 15.3 Å². The van der Waals surface area contributed by atoms with Crippen molar-refractivity contribution in [2.24, 2.45) is 0 Å². The van der Waals surface area contributed by atoms with Gasteiger partial charge in [0.1, 0.15) is 5.75 Å². The molecule has 1 aromatic carbocycles. The summed E-state index contributed by atoms with van der Waals surface area (Å²) in [5.74, 6) is 0.702. The van der Waals surface area contributed by atoms with E-state index in [1.54, 1.807) is 38.3 Å². The number of amides is 3. The van der Waals surface area contributed by atoms with Crippen molar-refractivity contribution >= 4 is 17.8 Å². The minimum atomic E-state index is -0.533. The lowest BCUT2D eigenvalue weighted by Gasteiger charge is -2.38. The summed E-state index contributed by atoms with van der Waals surface area (Å²) in [5.41, 5.74) is 2.73. The van der Waals surface area contributed by atoms with E-state index in [-0.39, 0.29) is 12.6 Å². The van der Waals surface area contributed by atoms with E-state index in [0.29, 0.717) is 24.5 Å². The van der Waals surface area contributed by atoms with Gasteiger partial charge < -0.3 is 14.8 Å². The van der Waals surface area contributed by atoms with E-state index in [9.17, 15) is 9.59 Å². The van der Waals surface area contributed by atoms with E-state index in [1.807, 2.05) is 13.8 Å². The van der Waals surface area contributed by atoms with Crippen LogP contribution in [0.1, 0.15) is 20.8 Å². The molecule has 1 heterocycles. The lowest BCUT2D eigenvalue weighted by atomic mass is 10.1. The summed E-state index contributed by atoms with van der Waals surface area (Å²) in [4.78, 5) is 24.7. The first-order valence-electron chi connectivity index (χ1n) is 7.78. The molecule has 1 aromatic rings. The number of urea groups is 1. The van der Waals surface area contributed by atoms with E-state index < -0.39 is 6.09 Å². The predicted molar refractivity (Wildman–Crippen MR) is 90.8 cm³/mol. The molecule has 0 fully saturated rings. The number of hydrogen-bond donors (Lipinski definition) is 1. The number of carbonyl (C=O) groups is 2. The number of nitrogens with one attached hydrogen (secondary N) is 1. The van der Waals surface area contributed by atoms with Crippen LogP contribution in [-0.4, -0.2) is 48.9 Å². The Morgan fingerprint density at radius 1 is 1.08 bits per heavy atom. The summed E-state index contributed by atoms with van der Waals surface area (Å²) < 4.78 is 10.1. The molecule has 130 valence electrons. The number of ether oxygens (including phenoxy) is 2. The maximum Gasteiger partial charge on any atom is 0.429 e. The van der Waals surface area contributed by atoms with Gasteiger partial charge in [-0.3, -0.25) is 0 Å². The Labute approximate surface area is 141 Å². The maximum atomic E-state index is 12.6. The Kier molecular flexibility index (Phi) is 5.68. The zero-order chi connectivity index (χ0) is 17.7. The second-order valence-corrected chi connectivity index (χ2v) is 5.53. The van der Waals surface area contributed by atoms with Crippen molar-refractivity contribution in [1.82, 2.24) is 10.0 Å². The van der Waals surface area contributed by atoms with Crippen molar-refractivity contribution in [2.75, 3.05) is 32.1 Å². The van der Waals surface area contributed by atoms with E-state index >= 15 is 0 Å². The molecular weight excluding hydrogens is 310 g/mol. The molecule has 3 amide bonds. The van der Waals surface area contributed by atoms with Crippen LogP contribution in [0.5, 0.6) is 5.75 Å². The molecule has 0 aromatic heterocycles. The van der Waals surface area contributed by atoms with Crippen LogP contribution < -0.4 is 10.1 Å². The standard InChI is InChI=1S/C17H23N3O4/c1-5-24-17(22)20-11-13(3)12(2)10-19(20)16(21)18-14-6-8-15(23-4)9-7-14/h6-9H,5,10-11H2,1-4H3,(H,18,21). The molecule has 0 spiro atoms. The van der Waals surface area contributed by atoms with Gasteiger partial charge >= 0.3 is 12.1 Å². The largest absolute Gasteiger partial charge is 0.497 e. The highest BCUT2D eigenvalue weighted by molar-refractivity contribution is 5.90. The van der Waals surface area contributed by atoms with Gasteiger partial charge in [-0.05, 0) is 45.0 Å². The molecule has 0 aliphatic carbocycles. The monoisotopic (exact) mass is 333 g/mol. The second-order valence-electron chi connectivity index (χ2n) is 5.53. The maximum absolute atomic E-state index is 12.6. The minimum Gasteiger partial charge on any atom is -0.497 e. The summed E-state index contributed by atoms with van der Waals surface area (Å²) >= 11 is 0. The first kappa shape index (κ1) is 17.7. The number of hydrazine groups is 1. The second kappa shape index (κ2) is 7.72. The van der Waals surface area contributed by atoms with Crippen molar-refractivity contribution < 1.29 is 19.1 Å². The molecule has 0 bridgehead atoms. The Balaban J connectivity index is 2.15. The molecule has 7 heteroatoms. The average Bonchev–Trinajstić information content (AvgIpc) is 2.57. The molecule has 24 heavy (non-hydrogen) atoms. The van der Waals surface area contributed by atoms with Crippen LogP contribution in [0.15, 0.2) is 35.4 Å². The van der Waals surface area contributed by atoms with Gasteiger partial charge in [-0.15, -0.1) is 0 Å². The Morgan fingerprint density at radius 2 is 1.67 bits per heavy atom. The lowest BCUT2D eigenvalue weighted by molar-refractivity contribution is 0.0153. The Bertz CT molecular complexity index is 640. The van der Waals surface area contributed by atoms with Crippen LogP contribution in [0.3, 0.4) is 0 Å². The molecule has 0 unspecified atom stereocenters. The number of hydrogen-bond acceptors (Lipinski definition) is 4. The van der Waals surface area contributed by atoms with Crippen molar-refractivity contribution in [3.05, 3.63) is 35.4 Å². The number of benzene rings is 1. The highest BCUT2D eigenvalue weighted by Gasteiger charge is 2.31. The average molecular weight is 333 g/mol. The number of anilines is 1. The fraction of sp³-hybridized carbons (Fsp3) is 0.412. The Morgan fingerprint density at radius 3 is 2.21 bits per heavy atom. The predicted octanol–water partition coefficient (Wildman–Crippen LogP) is 3.25. The van der Waals surface area contributed by atoms with Gasteiger partial charge in [-0.1, -0.05) is 11.1 Å². The summed E-state index contributed by atoms with van der Waals surface area (Å²) in [6.45, 7) is 6.56. The lowest BCUT2D eigenvalue weighted by Crippen LogP contribution is -2.55. The number of carbonyl (C=O) groups excluding carboxylic acids is 2. The van der Waals surface area contributed by atoms with Gasteiger partial charge in [-0.25, -0.2) is 19.6 Å². The fourth-order valence-corrected chi connectivity index (χ4v) is 2.29. The molecule has 0 saturated carbocycles.